The molecule has 0 bridgehead atoms. The zero-order valence-corrected chi connectivity index (χ0v) is 5.41. The maximum atomic E-state index is 3.04. The molecule has 0 aliphatic carbocycles. The molecule has 0 saturated carbocycles. The van der Waals surface area contributed by atoms with E-state index in [-0.39, 0.29) is 6.15 Å². The van der Waals surface area contributed by atoms with Gasteiger partial charge in [-0.3, -0.25) is 0 Å². The number of H-pyrrole nitrogens is 1. The summed E-state index contributed by atoms with van der Waals surface area (Å²) >= 11 is 0. The average molecular weight is 131 g/mol. The molecule has 0 atom stereocenters. The van der Waals surface area contributed by atoms with Gasteiger partial charge in [-0.2, -0.15) is 0 Å². The van der Waals surface area contributed by atoms with Crippen LogP contribution in [-0.4, -0.2) is 4.98 Å². The largest absolute Gasteiger partial charge is 0.366 e. The summed E-state index contributed by atoms with van der Waals surface area (Å²) in [7, 11) is 0. The number of aromatic nitrogens is 1. The lowest BCUT2D eigenvalue weighted by molar-refractivity contribution is 1.43. The molecule has 1 aromatic carbocycles. The van der Waals surface area contributed by atoms with Gasteiger partial charge in [0.1, 0.15) is 0 Å². The average Bonchev–Trinajstić information content (AvgIpc) is 2.33. The summed E-state index contributed by atoms with van der Waals surface area (Å²) in [6, 6.07) is 8.25. The first-order valence-corrected chi connectivity index (χ1v) is 2.98. The highest BCUT2D eigenvalue weighted by molar-refractivity contribution is 5.81. The van der Waals surface area contributed by atoms with Crippen molar-refractivity contribution in [3.63, 3.8) is 0 Å². The van der Waals surface area contributed by atoms with Crippen molar-refractivity contribution in [1.29, 1.82) is 0 Å². The number of benzene rings is 1. The molecule has 0 fully saturated rings. The monoisotopic (exact) mass is 131 g/mol. The van der Waals surface area contributed by atoms with E-state index >= 15 is 0 Å². The van der Waals surface area contributed by atoms with Gasteiger partial charge in [0, 0.05) is 18.5 Å². The quantitative estimate of drug-likeness (QED) is 0.565. The molecule has 0 spiro atoms. The first-order valence-electron chi connectivity index (χ1n) is 2.98. The van der Waals surface area contributed by atoms with Crippen LogP contribution < -0.4 is 6.15 Å². The minimum atomic E-state index is 0. The highest BCUT2D eigenvalue weighted by Gasteiger charge is 1.86. The van der Waals surface area contributed by atoms with Crippen LogP contribution in [0.15, 0.2) is 36.7 Å². The molecule has 2 aromatic rings. The minimum Gasteiger partial charge on any atom is -0.366 e. The van der Waals surface area contributed by atoms with Crippen LogP contribution in [0.25, 0.3) is 10.8 Å². The first-order chi connectivity index (χ1) is 4.47. The Bertz CT molecular complexity index is 281. The summed E-state index contributed by atoms with van der Waals surface area (Å²) in [6.07, 6.45) is 3.99. The fraction of sp³-hybridized carbons (Fsp3) is 0. The van der Waals surface area contributed by atoms with Gasteiger partial charge in [-0.15, -0.1) is 0 Å². The Morgan fingerprint density at radius 2 is 1.40 bits per heavy atom. The van der Waals surface area contributed by atoms with Gasteiger partial charge in [0.25, 0.3) is 0 Å². The van der Waals surface area contributed by atoms with E-state index in [0.29, 0.717) is 0 Å². The summed E-state index contributed by atoms with van der Waals surface area (Å²) < 4.78 is 0. The number of hydrogen-bond acceptors (Lipinski definition) is 0. The van der Waals surface area contributed by atoms with Crippen LogP contribution in [0.1, 0.15) is 0 Å². The molecule has 0 aliphatic heterocycles. The molecule has 2 heteroatoms. The lowest BCUT2D eigenvalue weighted by Crippen LogP contribution is -1.57. The van der Waals surface area contributed by atoms with E-state index < -0.39 is 0 Å². The second-order valence-electron chi connectivity index (χ2n) is 2.08. The van der Waals surface area contributed by atoms with Gasteiger partial charge in [-0.25, -0.2) is 0 Å². The maximum Gasteiger partial charge on any atom is 0.00843 e. The SMILES string of the molecule is [N].c1ccc2c[nH]cc2c1. The van der Waals surface area contributed by atoms with Gasteiger partial charge in [-0.05, 0) is 10.8 Å². The number of aromatic amines is 1. The highest BCUT2D eigenvalue weighted by Crippen LogP contribution is 2.10. The van der Waals surface area contributed by atoms with Crippen molar-refractivity contribution in [3.8, 4) is 0 Å². The predicted molar refractivity (Wildman–Crippen MR) is 40.4 cm³/mol. The maximum absolute atomic E-state index is 3.04. The summed E-state index contributed by atoms with van der Waals surface area (Å²) in [5, 5.41) is 2.55. The number of nitrogens with one attached hydrogen (secondary N) is 1. The van der Waals surface area contributed by atoms with E-state index in [1.165, 1.54) is 10.8 Å². The second-order valence-corrected chi connectivity index (χ2v) is 2.08. The molecule has 3 radical (unpaired) electrons. The van der Waals surface area contributed by atoms with Crippen LogP contribution in [0, 0.1) is 0 Å². The smallest absolute Gasteiger partial charge is 0.00843 e. The van der Waals surface area contributed by atoms with Gasteiger partial charge in [0.05, 0.1) is 0 Å². The van der Waals surface area contributed by atoms with E-state index in [1.54, 1.807) is 0 Å². The minimum absolute atomic E-state index is 0. The number of rotatable bonds is 0. The van der Waals surface area contributed by atoms with Crippen LogP contribution in [0.4, 0.5) is 0 Å². The van der Waals surface area contributed by atoms with Gasteiger partial charge in [-0.1, -0.05) is 24.3 Å². The van der Waals surface area contributed by atoms with Crippen molar-refractivity contribution in [3.05, 3.63) is 36.7 Å². The zero-order valence-electron chi connectivity index (χ0n) is 5.41. The molecule has 2 rings (SSSR count). The Morgan fingerprint density at radius 3 is 1.90 bits per heavy atom. The van der Waals surface area contributed by atoms with Crippen molar-refractivity contribution in [2.24, 2.45) is 0 Å². The molecule has 0 aliphatic rings. The van der Waals surface area contributed by atoms with Crippen molar-refractivity contribution in [1.82, 2.24) is 11.1 Å². The first kappa shape index (κ1) is 6.83. The van der Waals surface area contributed by atoms with Crippen LogP contribution >= 0.6 is 0 Å². The molecule has 0 saturated heterocycles. The Morgan fingerprint density at radius 1 is 0.900 bits per heavy atom. The van der Waals surface area contributed by atoms with Crippen LogP contribution in [0.5, 0.6) is 0 Å². The van der Waals surface area contributed by atoms with Gasteiger partial charge < -0.3 is 4.98 Å². The second kappa shape index (κ2) is 2.54. The van der Waals surface area contributed by atoms with E-state index in [2.05, 4.69) is 17.1 Å². The lowest BCUT2D eigenvalue weighted by Gasteiger charge is -1.81. The number of hydrogen-bond donors (Lipinski definition) is 1. The van der Waals surface area contributed by atoms with E-state index in [4.69, 9.17) is 0 Å². The molecular weight excluding hydrogens is 124 g/mol. The van der Waals surface area contributed by atoms with Crippen LogP contribution in [0.2, 0.25) is 0 Å². The molecule has 10 heavy (non-hydrogen) atoms. The highest BCUT2D eigenvalue weighted by atomic mass is 14.6. The molecule has 2 nitrogen and oxygen atoms in total. The van der Waals surface area contributed by atoms with Crippen molar-refractivity contribution in [2.45, 2.75) is 0 Å². The fourth-order valence-electron chi connectivity index (χ4n) is 0.995. The van der Waals surface area contributed by atoms with Crippen molar-refractivity contribution >= 4 is 10.8 Å². The standard InChI is InChI=1S/C8H7N.N/c1-2-4-8-6-9-5-7(8)3-1;/h1-6,9H;. The third-order valence-corrected chi connectivity index (χ3v) is 1.47. The third kappa shape index (κ3) is 0.890. The predicted octanol–water partition coefficient (Wildman–Crippen LogP) is 1.69. The molecule has 1 aromatic heterocycles. The zero-order chi connectivity index (χ0) is 6.10. The number of nitrogens with zero attached hydrogens (tertiary/aromatic N) is 1. The van der Waals surface area contributed by atoms with E-state index in [9.17, 15) is 0 Å². The number of fused-ring (bicyclic) bond motifs is 1. The Balaban J connectivity index is 0.000000500. The van der Waals surface area contributed by atoms with E-state index in [0.717, 1.165) is 0 Å². The Hall–Kier alpha value is -1.28. The molecule has 49 valence electrons. The van der Waals surface area contributed by atoms with Crippen LogP contribution in [0.3, 0.4) is 0 Å². The van der Waals surface area contributed by atoms with Crippen LogP contribution in [-0.2, 0) is 0 Å². The fourth-order valence-corrected chi connectivity index (χ4v) is 0.995. The van der Waals surface area contributed by atoms with Gasteiger partial charge in [0.15, 0.2) is 0 Å². The summed E-state index contributed by atoms with van der Waals surface area (Å²) in [6.45, 7) is 0. The Kier molecular flexibility index (Phi) is 1.73. The molecule has 1 N–H and O–H groups in total. The summed E-state index contributed by atoms with van der Waals surface area (Å²) in [5.74, 6) is 0. The van der Waals surface area contributed by atoms with Gasteiger partial charge in [0.2, 0.25) is 0 Å². The molecule has 1 heterocycles. The Labute approximate surface area is 59.5 Å². The topological polar surface area (TPSA) is 46.3 Å². The molecular formula is C8H7N2. The van der Waals surface area contributed by atoms with Crippen molar-refractivity contribution in [2.75, 3.05) is 0 Å². The van der Waals surface area contributed by atoms with Gasteiger partial charge >= 0.3 is 0 Å². The third-order valence-electron chi connectivity index (χ3n) is 1.47. The normalized spacial score (nSPS) is 9.20. The summed E-state index contributed by atoms with van der Waals surface area (Å²) in [4.78, 5) is 3.04. The molecule has 0 amide bonds. The van der Waals surface area contributed by atoms with E-state index in [1.807, 2.05) is 24.5 Å². The molecule has 0 unspecified atom stereocenters. The summed E-state index contributed by atoms with van der Waals surface area (Å²) in [5.41, 5.74) is 0. The lowest BCUT2D eigenvalue weighted by atomic mass is 10.2. The van der Waals surface area contributed by atoms with Crippen molar-refractivity contribution < 1.29 is 0 Å².